The van der Waals surface area contributed by atoms with Crippen molar-refractivity contribution in [2.45, 2.75) is 26.4 Å². The maximum atomic E-state index is 11.0. The second-order valence-corrected chi connectivity index (χ2v) is 5.15. The summed E-state index contributed by atoms with van der Waals surface area (Å²) < 4.78 is 0. The smallest absolute Gasteiger partial charge is 0.272 e. The van der Waals surface area contributed by atoms with Gasteiger partial charge in [0, 0.05) is 24.2 Å². The highest BCUT2D eigenvalue weighted by molar-refractivity contribution is 5.44. The van der Waals surface area contributed by atoms with Crippen LogP contribution in [0.25, 0.3) is 0 Å². The third-order valence-electron chi connectivity index (χ3n) is 3.75. The van der Waals surface area contributed by atoms with Gasteiger partial charge in [0.25, 0.3) is 5.69 Å². The fourth-order valence-corrected chi connectivity index (χ4v) is 2.29. The molecule has 0 bridgehead atoms. The molecule has 0 saturated carbocycles. The normalized spacial score (nSPS) is 11.7. The molecular formula is C17H17N3O2. The van der Waals surface area contributed by atoms with Crippen LogP contribution in [0.15, 0.2) is 42.5 Å². The Morgan fingerprint density at radius 1 is 1.27 bits per heavy atom. The van der Waals surface area contributed by atoms with E-state index in [0.717, 1.165) is 11.1 Å². The molecule has 0 radical (unpaired) electrons. The van der Waals surface area contributed by atoms with E-state index in [0.29, 0.717) is 17.7 Å². The second-order valence-electron chi connectivity index (χ2n) is 5.15. The van der Waals surface area contributed by atoms with E-state index in [9.17, 15) is 10.1 Å². The number of nitro groups is 1. The molecule has 22 heavy (non-hydrogen) atoms. The summed E-state index contributed by atoms with van der Waals surface area (Å²) in [6.07, 6.45) is 0. The first kappa shape index (κ1) is 15.7. The number of nitrogens with zero attached hydrogens (tertiary/aromatic N) is 2. The Morgan fingerprint density at radius 3 is 2.55 bits per heavy atom. The minimum atomic E-state index is -0.358. The highest BCUT2D eigenvalue weighted by Gasteiger charge is 2.13. The van der Waals surface area contributed by atoms with Gasteiger partial charge in [0.05, 0.1) is 16.6 Å². The third kappa shape index (κ3) is 3.48. The monoisotopic (exact) mass is 295 g/mol. The first-order chi connectivity index (χ1) is 10.5. The maximum Gasteiger partial charge on any atom is 0.272 e. The molecule has 0 amide bonds. The Bertz CT molecular complexity index is 718. The summed E-state index contributed by atoms with van der Waals surface area (Å²) in [5, 5.41) is 23.1. The molecule has 1 N–H and O–H groups in total. The predicted molar refractivity (Wildman–Crippen MR) is 84.2 cm³/mol. The Morgan fingerprint density at radius 2 is 1.95 bits per heavy atom. The van der Waals surface area contributed by atoms with Crippen molar-refractivity contribution in [3.8, 4) is 6.07 Å². The molecule has 5 nitrogen and oxygen atoms in total. The van der Waals surface area contributed by atoms with Crippen molar-refractivity contribution in [1.29, 1.82) is 5.26 Å². The summed E-state index contributed by atoms with van der Waals surface area (Å²) in [4.78, 5) is 10.6. The molecule has 2 aromatic rings. The quantitative estimate of drug-likeness (QED) is 0.675. The van der Waals surface area contributed by atoms with Crippen LogP contribution in [0.4, 0.5) is 5.69 Å². The molecule has 2 rings (SSSR count). The highest BCUT2D eigenvalue weighted by Crippen LogP contribution is 2.22. The molecule has 0 saturated heterocycles. The molecule has 0 spiro atoms. The number of benzene rings is 2. The van der Waals surface area contributed by atoms with Crippen LogP contribution in [0.5, 0.6) is 0 Å². The van der Waals surface area contributed by atoms with Crippen molar-refractivity contribution in [2.24, 2.45) is 0 Å². The molecule has 112 valence electrons. The van der Waals surface area contributed by atoms with Gasteiger partial charge in [-0.25, -0.2) is 0 Å². The Hall–Kier alpha value is -2.71. The zero-order chi connectivity index (χ0) is 16.1. The van der Waals surface area contributed by atoms with Gasteiger partial charge in [-0.15, -0.1) is 0 Å². The molecular weight excluding hydrogens is 278 g/mol. The van der Waals surface area contributed by atoms with Gasteiger partial charge >= 0.3 is 0 Å². The SMILES string of the molecule is Cc1c(CN[C@@H](C)c2ccc(C#N)cc2)cccc1[N+](=O)[O-]. The fourth-order valence-electron chi connectivity index (χ4n) is 2.29. The number of nitrogens with one attached hydrogen (secondary N) is 1. The average Bonchev–Trinajstić information content (AvgIpc) is 2.53. The van der Waals surface area contributed by atoms with Gasteiger partial charge in [-0.1, -0.05) is 24.3 Å². The number of hydrogen-bond acceptors (Lipinski definition) is 4. The van der Waals surface area contributed by atoms with Crippen LogP contribution in [0.3, 0.4) is 0 Å². The third-order valence-corrected chi connectivity index (χ3v) is 3.75. The fraction of sp³-hybridized carbons (Fsp3) is 0.235. The van der Waals surface area contributed by atoms with Crippen LogP contribution < -0.4 is 5.32 Å². The van der Waals surface area contributed by atoms with E-state index < -0.39 is 0 Å². The highest BCUT2D eigenvalue weighted by atomic mass is 16.6. The summed E-state index contributed by atoms with van der Waals surface area (Å²) in [6, 6.07) is 14.7. The summed E-state index contributed by atoms with van der Waals surface area (Å²) in [5.41, 5.74) is 3.44. The molecule has 2 aromatic carbocycles. The lowest BCUT2D eigenvalue weighted by molar-refractivity contribution is -0.385. The van der Waals surface area contributed by atoms with Gasteiger partial charge in [-0.3, -0.25) is 10.1 Å². The summed E-state index contributed by atoms with van der Waals surface area (Å²) in [5.74, 6) is 0. The van der Waals surface area contributed by atoms with Gasteiger partial charge in [-0.05, 0) is 37.1 Å². The zero-order valence-electron chi connectivity index (χ0n) is 12.5. The minimum Gasteiger partial charge on any atom is -0.306 e. The Labute approximate surface area is 129 Å². The van der Waals surface area contributed by atoms with E-state index in [1.165, 1.54) is 6.07 Å². The van der Waals surface area contributed by atoms with Crippen LogP contribution in [0.2, 0.25) is 0 Å². The second kappa shape index (κ2) is 6.83. The molecule has 0 unspecified atom stereocenters. The minimum absolute atomic E-state index is 0.0893. The standard InChI is InChI=1S/C17H17N3O2/c1-12-16(4-3-5-17(12)20(21)22)11-19-13(2)15-8-6-14(10-18)7-9-15/h3-9,13,19H,11H2,1-2H3/t13-/m0/s1. The van der Waals surface area contributed by atoms with E-state index in [4.69, 9.17) is 5.26 Å². The van der Waals surface area contributed by atoms with Crippen molar-refractivity contribution in [3.05, 3.63) is 74.8 Å². The van der Waals surface area contributed by atoms with E-state index in [1.807, 2.05) is 25.1 Å². The van der Waals surface area contributed by atoms with Crippen molar-refractivity contribution >= 4 is 5.69 Å². The van der Waals surface area contributed by atoms with Crippen molar-refractivity contribution in [2.75, 3.05) is 0 Å². The molecule has 1 atom stereocenters. The number of nitro benzene ring substituents is 1. The van der Waals surface area contributed by atoms with Crippen molar-refractivity contribution in [1.82, 2.24) is 5.32 Å². The van der Waals surface area contributed by atoms with Gasteiger partial charge in [0.1, 0.15) is 0 Å². The van der Waals surface area contributed by atoms with Crippen LogP contribution in [-0.2, 0) is 6.54 Å². The molecule has 5 heteroatoms. The molecule has 0 fully saturated rings. The first-order valence-corrected chi connectivity index (χ1v) is 6.99. The Balaban J connectivity index is 2.08. The summed E-state index contributed by atoms with van der Waals surface area (Å²) >= 11 is 0. The van der Waals surface area contributed by atoms with E-state index in [-0.39, 0.29) is 16.7 Å². The lowest BCUT2D eigenvalue weighted by Crippen LogP contribution is -2.18. The van der Waals surface area contributed by atoms with E-state index >= 15 is 0 Å². The molecule has 0 heterocycles. The van der Waals surface area contributed by atoms with Crippen molar-refractivity contribution in [3.63, 3.8) is 0 Å². The topological polar surface area (TPSA) is 79.0 Å². The molecule has 0 aromatic heterocycles. The average molecular weight is 295 g/mol. The van der Waals surface area contributed by atoms with Crippen LogP contribution in [0.1, 0.15) is 35.2 Å². The molecule has 0 aliphatic carbocycles. The van der Waals surface area contributed by atoms with Gasteiger partial charge in [0.15, 0.2) is 0 Å². The molecule has 0 aliphatic rings. The maximum absolute atomic E-state index is 11.0. The van der Waals surface area contributed by atoms with Gasteiger partial charge in [-0.2, -0.15) is 5.26 Å². The van der Waals surface area contributed by atoms with Gasteiger partial charge in [0.2, 0.25) is 0 Å². The van der Waals surface area contributed by atoms with Crippen molar-refractivity contribution < 1.29 is 4.92 Å². The lowest BCUT2D eigenvalue weighted by Gasteiger charge is -2.15. The Kier molecular flexibility index (Phi) is 4.87. The first-order valence-electron chi connectivity index (χ1n) is 6.99. The zero-order valence-corrected chi connectivity index (χ0v) is 12.5. The van der Waals surface area contributed by atoms with Crippen LogP contribution >= 0.6 is 0 Å². The summed E-state index contributed by atoms with van der Waals surface area (Å²) in [7, 11) is 0. The van der Waals surface area contributed by atoms with Gasteiger partial charge < -0.3 is 5.32 Å². The number of rotatable bonds is 5. The predicted octanol–water partition coefficient (Wildman–Crippen LogP) is 3.63. The summed E-state index contributed by atoms with van der Waals surface area (Å²) in [6.45, 7) is 4.34. The molecule has 0 aliphatic heterocycles. The van der Waals surface area contributed by atoms with E-state index in [2.05, 4.69) is 11.4 Å². The number of hydrogen-bond donors (Lipinski definition) is 1. The van der Waals surface area contributed by atoms with Crippen LogP contribution in [-0.4, -0.2) is 4.92 Å². The largest absolute Gasteiger partial charge is 0.306 e. The lowest BCUT2D eigenvalue weighted by atomic mass is 10.0. The number of nitriles is 1. The van der Waals surface area contributed by atoms with E-state index in [1.54, 1.807) is 25.1 Å². The van der Waals surface area contributed by atoms with Crippen LogP contribution in [0, 0.1) is 28.4 Å².